The van der Waals surface area contributed by atoms with Crippen LogP contribution in [0.5, 0.6) is 0 Å². The second-order valence-electron chi connectivity index (χ2n) is 5.53. The summed E-state index contributed by atoms with van der Waals surface area (Å²) in [6.07, 6.45) is 0.704. The number of aliphatic hydroxyl groups excluding tert-OH is 1. The van der Waals surface area contributed by atoms with Crippen LogP contribution in [0.15, 0.2) is 12.1 Å². The highest BCUT2D eigenvalue weighted by atomic mass is 35.5. The minimum Gasteiger partial charge on any atom is -0.396 e. The number of hydrogen-bond acceptors (Lipinski definition) is 2. The number of halogens is 3. The molecule has 0 aliphatic rings. The molecule has 1 aromatic carbocycles. The molecule has 0 bridgehead atoms. The maximum Gasteiger partial charge on any atom is 0.142 e. The number of nitrogens with one attached hydrogen (secondary N) is 1. The van der Waals surface area contributed by atoms with Crippen LogP contribution in [0.4, 0.5) is 4.39 Å². The van der Waals surface area contributed by atoms with Gasteiger partial charge in [-0.25, -0.2) is 4.39 Å². The zero-order chi connectivity index (χ0) is 14.6. The van der Waals surface area contributed by atoms with Gasteiger partial charge in [-0.05, 0) is 36.5 Å². The topological polar surface area (TPSA) is 32.3 Å². The van der Waals surface area contributed by atoms with Gasteiger partial charge in [-0.15, -0.1) is 0 Å². The van der Waals surface area contributed by atoms with E-state index in [4.69, 9.17) is 28.3 Å². The van der Waals surface area contributed by atoms with Crippen molar-refractivity contribution in [1.82, 2.24) is 5.32 Å². The van der Waals surface area contributed by atoms with Gasteiger partial charge in [0.2, 0.25) is 0 Å². The first-order chi connectivity index (χ1) is 8.76. The normalized spacial score (nSPS) is 13.6. The Balaban J connectivity index is 2.73. The maximum absolute atomic E-state index is 13.5. The predicted molar refractivity (Wildman–Crippen MR) is 78.3 cm³/mol. The summed E-state index contributed by atoms with van der Waals surface area (Å²) in [4.78, 5) is 0. The molecule has 0 spiro atoms. The molecule has 0 heterocycles. The van der Waals surface area contributed by atoms with Crippen molar-refractivity contribution in [3.63, 3.8) is 0 Å². The monoisotopic (exact) mass is 307 g/mol. The van der Waals surface area contributed by atoms with E-state index in [1.807, 2.05) is 6.92 Å². The maximum atomic E-state index is 13.5. The van der Waals surface area contributed by atoms with Gasteiger partial charge in [-0.3, -0.25) is 0 Å². The molecule has 2 N–H and O–H groups in total. The van der Waals surface area contributed by atoms with Crippen LogP contribution in [0.2, 0.25) is 10.0 Å². The number of rotatable bonds is 6. The van der Waals surface area contributed by atoms with E-state index in [0.29, 0.717) is 23.6 Å². The first kappa shape index (κ1) is 16.7. The fraction of sp³-hybridized carbons (Fsp3) is 0.571. The van der Waals surface area contributed by atoms with Gasteiger partial charge in [-0.1, -0.05) is 37.0 Å². The van der Waals surface area contributed by atoms with Gasteiger partial charge in [0.25, 0.3) is 0 Å². The molecular weight excluding hydrogens is 288 g/mol. The van der Waals surface area contributed by atoms with Crippen molar-refractivity contribution in [2.45, 2.75) is 33.2 Å². The van der Waals surface area contributed by atoms with Crippen molar-refractivity contribution < 1.29 is 9.50 Å². The highest BCUT2D eigenvalue weighted by molar-refractivity contribution is 6.35. The van der Waals surface area contributed by atoms with Crippen molar-refractivity contribution in [3.8, 4) is 0 Å². The van der Waals surface area contributed by atoms with Crippen LogP contribution in [-0.4, -0.2) is 18.3 Å². The van der Waals surface area contributed by atoms with Crippen molar-refractivity contribution in [3.05, 3.63) is 33.6 Å². The van der Waals surface area contributed by atoms with Crippen LogP contribution >= 0.6 is 23.2 Å². The minimum atomic E-state index is -0.468. The molecule has 1 aromatic rings. The van der Waals surface area contributed by atoms with Gasteiger partial charge in [-0.2, -0.15) is 0 Å². The second-order valence-corrected chi connectivity index (χ2v) is 6.34. The molecule has 0 radical (unpaired) electrons. The third kappa shape index (κ3) is 4.92. The molecule has 0 aromatic heterocycles. The van der Waals surface area contributed by atoms with E-state index in [1.54, 1.807) is 0 Å². The lowest BCUT2D eigenvalue weighted by molar-refractivity contribution is 0.203. The van der Waals surface area contributed by atoms with Gasteiger partial charge in [0, 0.05) is 24.2 Å². The van der Waals surface area contributed by atoms with Crippen LogP contribution < -0.4 is 5.32 Å². The zero-order valence-corrected chi connectivity index (χ0v) is 12.9. The Kier molecular flexibility index (Phi) is 6.06. The summed E-state index contributed by atoms with van der Waals surface area (Å²) in [7, 11) is 0. The van der Waals surface area contributed by atoms with Gasteiger partial charge < -0.3 is 10.4 Å². The smallest absolute Gasteiger partial charge is 0.142 e. The van der Waals surface area contributed by atoms with Crippen molar-refractivity contribution in [2.75, 3.05) is 13.2 Å². The lowest BCUT2D eigenvalue weighted by atomic mass is 9.89. The molecule has 19 heavy (non-hydrogen) atoms. The Morgan fingerprint density at radius 2 is 1.95 bits per heavy atom. The summed E-state index contributed by atoms with van der Waals surface area (Å²) in [6.45, 7) is 6.90. The quantitative estimate of drug-likeness (QED) is 0.772. The van der Waals surface area contributed by atoms with Crippen LogP contribution in [0.3, 0.4) is 0 Å². The Morgan fingerprint density at radius 3 is 2.53 bits per heavy atom. The summed E-state index contributed by atoms with van der Waals surface area (Å²) in [5, 5.41) is 12.8. The third-order valence-electron chi connectivity index (χ3n) is 3.18. The van der Waals surface area contributed by atoms with E-state index < -0.39 is 5.82 Å². The number of hydrogen-bond donors (Lipinski definition) is 2. The molecule has 0 fully saturated rings. The Bertz CT molecular complexity index is 438. The van der Waals surface area contributed by atoms with E-state index in [-0.39, 0.29) is 23.1 Å². The van der Waals surface area contributed by atoms with Crippen molar-refractivity contribution >= 4 is 23.2 Å². The molecule has 0 amide bonds. The Labute approximate surface area is 123 Å². The molecule has 0 aliphatic heterocycles. The van der Waals surface area contributed by atoms with E-state index in [9.17, 15) is 4.39 Å². The molecule has 1 rings (SSSR count). The molecule has 0 aliphatic carbocycles. The van der Waals surface area contributed by atoms with E-state index in [1.165, 1.54) is 12.1 Å². The molecule has 1 atom stereocenters. The summed E-state index contributed by atoms with van der Waals surface area (Å²) < 4.78 is 13.5. The summed E-state index contributed by atoms with van der Waals surface area (Å²) in [6, 6.07) is 2.70. The fourth-order valence-corrected chi connectivity index (χ4v) is 2.35. The summed E-state index contributed by atoms with van der Waals surface area (Å²) >= 11 is 11.8. The van der Waals surface area contributed by atoms with Gasteiger partial charge in [0.05, 0.1) is 5.02 Å². The lowest BCUT2D eigenvalue weighted by Crippen LogP contribution is -2.32. The Morgan fingerprint density at radius 1 is 1.32 bits per heavy atom. The van der Waals surface area contributed by atoms with E-state index in [2.05, 4.69) is 19.2 Å². The summed E-state index contributed by atoms with van der Waals surface area (Å²) in [5.74, 6) is -0.468. The number of aliphatic hydroxyl groups is 1. The fourth-order valence-electron chi connectivity index (χ4n) is 1.80. The largest absolute Gasteiger partial charge is 0.396 e. The summed E-state index contributed by atoms with van der Waals surface area (Å²) in [5.41, 5.74) is 0.656. The molecule has 2 nitrogen and oxygen atoms in total. The SMILES string of the molecule is CC(NCC(C)(C)CCO)c1cc(F)c(Cl)cc1Cl. The molecule has 108 valence electrons. The Hall–Kier alpha value is -0.350. The molecule has 0 saturated heterocycles. The molecular formula is C14H20Cl2FNO. The van der Waals surface area contributed by atoms with Crippen LogP contribution in [-0.2, 0) is 0 Å². The zero-order valence-electron chi connectivity index (χ0n) is 11.4. The van der Waals surface area contributed by atoms with E-state index >= 15 is 0 Å². The van der Waals surface area contributed by atoms with Crippen LogP contribution in [0, 0.1) is 11.2 Å². The average Bonchev–Trinajstić information content (AvgIpc) is 2.31. The highest BCUT2D eigenvalue weighted by Gasteiger charge is 2.19. The first-order valence-electron chi connectivity index (χ1n) is 6.25. The third-order valence-corrected chi connectivity index (χ3v) is 3.80. The highest BCUT2D eigenvalue weighted by Crippen LogP contribution is 2.29. The molecule has 5 heteroatoms. The van der Waals surface area contributed by atoms with Gasteiger partial charge in [0.1, 0.15) is 5.82 Å². The molecule has 1 unspecified atom stereocenters. The van der Waals surface area contributed by atoms with Crippen LogP contribution in [0.1, 0.15) is 38.8 Å². The first-order valence-corrected chi connectivity index (χ1v) is 7.01. The average molecular weight is 308 g/mol. The predicted octanol–water partition coefficient (Wildman–Crippen LogP) is 4.19. The standard InChI is InChI=1S/C14H20Cl2FNO/c1-9(18-8-14(2,3)4-5-19)10-6-13(17)12(16)7-11(10)15/h6-7,9,18-19H,4-5,8H2,1-3H3. The van der Waals surface area contributed by atoms with Gasteiger partial charge in [0.15, 0.2) is 0 Å². The molecule has 0 saturated carbocycles. The lowest BCUT2D eigenvalue weighted by Gasteiger charge is -2.27. The minimum absolute atomic E-state index is 0.0273. The van der Waals surface area contributed by atoms with Crippen molar-refractivity contribution in [1.29, 1.82) is 0 Å². The van der Waals surface area contributed by atoms with Crippen molar-refractivity contribution in [2.24, 2.45) is 5.41 Å². The van der Waals surface area contributed by atoms with Crippen LogP contribution in [0.25, 0.3) is 0 Å². The second kappa shape index (κ2) is 6.89. The van der Waals surface area contributed by atoms with E-state index in [0.717, 1.165) is 0 Å². The van der Waals surface area contributed by atoms with Gasteiger partial charge >= 0.3 is 0 Å². The number of benzene rings is 1.